The van der Waals surface area contributed by atoms with E-state index in [-0.39, 0.29) is 0 Å². The summed E-state index contributed by atoms with van der Waals surface area (Å²) < 4.78 is 1.82. The van der Waals surface area contributed by atoms with E-state index in [1.807, 2.05) is 37.6 Å². The lowest BCUT2D eigenvalue weighted by Crippen LogP contribution is -2.00. The van der Waals surface area contributed by atoms with Crippen molar-refractivity contribution in [2.45, 2.75) is 20.8 Å². The monoisotopic (exact) mass is 188 g/mol. The van der Waals surface area contributed by atoms with Gasteiger partial charge in [0.05, 0.1) is 5.69 Å². The summed E-state index contributed by atoms with van der Waals surface area (Å²) in [7, 11) is 0. The first-order valence-corrected chi connectivity index (χ1v) is 4.50. The van der Waals surface area contributed by atoms with Gasteiger partial charge in [0.25, 0.3) is 0 Å². The number of rotatable bonds is 1. The van der Waals surface area contributed by atoms with E-state index < -0.39 is 0 Å². The molecule has 72 valence electrons. The summed E-state index contributed by atoms with van der Waals surface area (Å²) in [6.07, 6.45) is 1.78. The Morgan fingerprint density at radius 1 is 1.21 bits per heavy atom. The minimum atomic E-state index is 0.789. The van der Waals surface area contributed by atoms with Gasteiger partial charge in [-0.1, -0.05) is 0 Å². The molecule has 2 heterocycles. The summed E-state index contributed by atoms with van der Waals surface area (Å²) in [6.45, 7) is 5.79. The van der Waals surface area contributed by atoms with E-state index in [1.165, 1.54) is 0 Å². The first kappa shape index (κ1) is 8.87. The highest BCUT2D eigenvalue weighted by molar-refractivity contribution is 5.31. The average Bonchev–Trinajstić information content (AvgIpc) is 2.45. The standard InChI is InChI=1S/C10H12N4/c1-7-6-10(4-5-11-7)14-9(3)12-8(2)13-14/h4-6H,1-3H3. The van der Waals surface area contributed by atoms with Gasteiger partial charge in [-0.3, -0.25) is 4.98 Å². The Balaban J connectivity index is 2.54. The predicted molar refractivity (Wildman–Crippen MR) is 53.4 cm³/mol. The second-order valence-electron chi connectivity index (χ2n) is 3.27. The Bertz CT molecular complexity index is 459. The quantitative estimate of drug-likeness (QED) is 0.682. The van der Waals surface area contributed by atoms with Gasteiger partial charge in [-0.25, -0.2) is 9.67 Å². The summed E-state index contributed by atoms with van der Waals surface area (Å²) in [5.74, 6) is 1.69. The summed E-state index contributed by atoms with van der Waals surface area (Å²) in [6, 6.07) is 3.91. The Hall–Kier alpha value is -1.71. The van der Waals surface area contributed by atoms with Crippen LogP contribution in [0, 0.1) is 20.8 Å². The van der Waals surface area contributed by atoms with E-state index >= 15 is 0 Å². The first-order chi connectivity index (χ1) is 6.66. The molecule has 4 nitrogen and oxygen atoms in total. The molecule has 0 unspecified atom stereocenters. The maximum Gasteiger partial charge on any atom is 0.148 e. The molecule has 0 N–H and O–H groups in total. The van der Waals surface area contributed by atoms with Crippen molar-refractivity contribution in [3.8, 4) is 5.69 Å². The zero-order valence-electron chi connectivity index (χ0n) is 8.52. The van der Waals surface area contributed by atoms with Crippen LogP contribution in [0.1, 0.15) is 17.3 Å². The van der Waals surface area contributed by atoms with Crippen molar-refractivity contribution in [2.75, 3.05) is 0 Å². The van der Waals surface area contributed by atoms with E-state index in [0.717, 1.165) is 23.0 Å². The zero-order chi connectivity index (χ0) is 10.1. The molecule has 2 aromatic heterocycles. The summed E-state index contributed by atoms with van der Waals surface area (Å²) >= 11 is 0. The van der Waals surface area contributed by atoms with Gasteiger partial charge in [0, 0.05) is 11.9 Å². The molecule has 0 spiro atoms. The van der Waals surface area contributed by atoms with Crippen LogP contribution in [-0.4, -0.2) is 19.7 Å². The van der Waals surface area contributed by atoms with Crippen molar-refractivity contribution in [3.63, 3.8) is 0 Å². The third-order valence-electron chi connectivity index (χ3n) is 2.00. The maximum absolute atomic E-state index is 4.30. The molecular weight excluding hydrogens is 176 g/mol. The second-order valence-corrected chi connectivity index (χ2v) is 3.27. The lowest BCUT2D eigenvalue weighted by molar-refractivity contribution is 0.827. The highest BCUT2D eigenvalue weighted by Crippen LogP contribution is 2.09. The molecule has 0 saturated heterocycles. The van der Waals surface area contributed by atoms with Crippen LogP contribution in [-0.2, 0) is 0 Å². The fourth-order valence-corrected chi connectivity index (χ4v) is 1.43. The molecule has 2 aromatic rings. The Morgan fingerprint density at radius 3 is 2.57 bits per heavy atom. The molecule has 0 fully saturated rings. The highest BCUT2D eigenvalue weighted by Gasteiger charge is 2.04. The number of pyridine rings is 1. The predicted octanol–water partition coefficient (Wildman–Crippen LogP) is 1.59. The smallest absolute Gasteiger partial charge is 0.148 e. The van der Waals surface area contributed by atoms with Crippen LogP contribution in [0.4, 0.5) is 0 Å². The summed E-state index contributed by atoms with van der Waals surface area (Å²) in [4.78, 5) is 8.39. The third-order valence-corrected chi connectivity index (χ3v) is 2.00. The topological polar surface area (TPSA) is 43.6 Å². The SMILES string of the molecule is Cc1cc(-n2nc(C)nc2C)ccn1. The summed E-state index contributed by atoms with van der Waals surface area (Å²) in [5, 5.41) is 4.30. The van der Waals surface area contributed by atoms with Crippen LogP contribution in [0.15, 0.2) is 18.3 Å². The van der Waals surface area contributed by atoms with Crippen LogP contribution in [0.2, 0.25) is 0 Å². The number of hydrogen-bond donors (Lipinski definition) is 0. The van der Waals surface area contributed by atoms with Gasteiger partial charge in [-0.2, -0.15) is 5.10 Å². The Labute approximate surface area is 82.6 Å². The fourth-order valence-electron chi connectivity index (χ4n) is 1.43. The molecular formula is C10H12N4. The molecule has 0 aliphatic heterocycles. The summed E-state index contributed by atoms with van der Waals surface area (Å²) in [5.41, 5.74) is 1.99. The molecule has 0 aliphatic rings. The number of aryl methyl sites for hydroxylation is 3. The van der Waals surface area contributed by atoms with E-state index in [1.54, 1.807) is 6.20 Å². The van der Waals surface area contributed by atoms with Crippen molar-refractivity contribution in [3.05, 3.63) is 35.7 Å². The second kappa shape index (κ2) is 3.21. The maximum atomic E-state index is 4.30. The lowest BCUT2D eigenvalue weighted by Gasteiger charge is -2.02. The molecule has 0 aromatic carbocycles. The largest absolute Gasteiger partial charge is 0.261 e. The van der Waals surface area contributed by atoms with Crippen LogP contribution < -0.4 is 0 Å². The molecule has 0 saturated carbocycles. The lowest BCUT2D eigenvalue weighted by atomic mass is 10.3. The fraction of sp³-hybridized carbons (Fsp3) is 0.300. The normalized spacial score (nSPS) is 10.5. The minimum Gasteiger partial charge on any atom is -0.261 e. The van der Waals surface area contributed by atoms with Crippen molar-refractivity contribution in [2.24, 2.45) is 0 Å². The van der Waals surface area contributed by atoms with Gasteiger partial charge in [0.15, 0.2) is 0 Å². The Morgan fingerprint density at radius 2 is 2.00 bits per heavy atom. The molecule has 0 radical (unpaired) electrons. The molecule has 4 heteroatoms. The molecule has 0 amide bonds. The molecule has 2 rings (SSSR count). The number of aromatic nitrogens is 4. The number of hydrogen-bond acceptors (Lipinski definition) is 3. The van der Waals surface area contributed by atoms with Gasteiger partial charge in [0.1, 0.15) is 11.6 Å². The van der Waals surface area contributed by atoms with E-state index in [2.05, 4.69) is 15.1 Å². The van der Waals surface area contributed by atoms with Crippen molar-refractivity contribution in [1.29, 1.82) is 0 Å². The number of nitrogens with zero attached hydrogens (tertiary/aromatic N) is 4. The van der Waals surface area contributed by atoms with Gasteiger partial charge in [-0.05, 0) is 32.9 Å². The molecule has 14 heavy (non-hydrogen) atoms. The van der Waals surface area contributed by atoms with Crippen LogP contribution in [0.25, 0.3) is 5.69 Å². The molecule has 0 aliphatic carbocycles. The van der Waals surface area contributed by atoms with E-state index in [9.17, 15) is 0 Å². The van der Waals surface area contributed by atoms with E-state index in [4.69, 9.17) is 0 Å². The highest BCUT2D eigenvalue weighted by atomic mass is 15.3. The molecule has 0 bridgehead atoms. The van der Waals surface area contributed by atoms with Crippen molar-refractivity contribution < 1.29 is 0 Å². The van der Waals surface area contributed by atoms with Gasteiger partial charge < -0.3 is 0 Å². The first-order valence-electron chi connectivity index (χ1n) is 4.50. The van der Waals surface area contributed by atoms with Gasteiger partial charge in [-0.15, -0.1) is 0 Å². The van der Waals surface area contributed by atoms with E-state index in [0.29, 0.717) is 0 Å². The van der Waals surface area contributed by atoms with Crippen LogP contribution in [0.3, 0.4) is 0 Å². The zero-order valence-corrected chi connectivity index (χ0v) is 8.52. The van der Waals surface area contributed by atoms with Crippen LogP contribution >= 0.6 is 0 Å². The Kier molecular flexibility index (Phi) is 2.04. The third kappa shape index (κ3) is 1.51. The van der Waals surface area contributed by atoms with Crippen LogP contribution in [0.5, 0.6) is 0 Å². The van der Waals surface area contributed by atoms with Gasteiger partial charge in [0.2, 0.25) is 0 Å². The van der Waals surface area contributed by atoms with Crippen molar-refractivity contribution >= 4 is 0 Å². The average molecular weight is 188 g/mol. The molecule has 0 atom stereocenters. The van der Waals surface area contributed by atoms with Gasteiger partial charge >= 0.3 is 0 Å². The minimum absolute atomic E-state index is 0.789. The van der Waals surface area contributed by atoms with Crippen molar-refractivity contribution in [1.82, 2.24) is 19.7 Å².